The van der Waals surface area contributed by atoms with Crippen LogP contribution in [0.5, 0.6) is 0 Å². The van der Waals surface area contributed by atoms with E-state index in [0.717, 1.165) is 13.1 Å². The van der Waals surface area contributed by atoms with Crippen LogP contribution in [-0.2, 0) is 4.74 Å². The molecule has 1 aromatic rings. The molecule has 7 heteroatoms. The molecule has 0 spiro atoms. The van der Waals surface area contributed by atoms with E-state index in [0.29, 0.717) is 18.3 Å². The van der Waals surface area contributed by atoms with Crippen LogP contribution in [0.15, 0.2) is 6.20 Å². The van der Waals surface area contributed by atoms with Gasteiger partial charge in [-0.3, -0.25) is 4.79 Å². The molecule has 2 N–H and O–H groups in total. The highest BCUT2D eigenvalue weighted by molar-refractivity contribution is 5.91. The van der Waals surface area contributed by atoms with Gasteiger partial charge >= 0.3 is 0 Å². The third-order valence-electron chi connectivity index (χ3n) is 2.83. The summed E-state index contributed by atoms with van der Waals surface area (Å²) in [5, 5.41) is 13.7. The Labute approximate surface area is 99.5 Å². The monoisotopic (exact) mass is 239 g/mol. The Morgan fingerprint density at radius 2 is 2.53 bits per heavy atom. The van der Waals surface area contributed by atoms with Crippen molar-refractivity contribution in [2.24, 2.45) is 0 Å². The number of amides is 1. The summed E-state index contributed by atoms with van der Waals surface area (Å²) in [5.41, 5.74) is 0.347. The zero-order valence-electron chi connectivity index (χ0n) is 10.0. The van der Waals surface area contributed by atoms with Gasteiger partial charge in [0.05, 0.1) is 18.3 Å². The number of hydrogen-bond donors (Lipinski definition) is 2. The van der Waals surface area contributed by atoms with Crippen molar-refractivity contribution in [2.75, 3.05) is 26.7 Å². The van der Waals surface area contributed by atoms with E-state index in [2.05, 4.69) is 20.9 Å². The summed E-state index contributed by atoms with van der Waals surface area (Å²) in [5.74, 6) is -0.215. The second kappa shape index (κ2) is 5.24. The maximum Gasteiger partial charge on any atom is 0.273 e. The first kappa shape index (κ1) is 12.0. The fourth-order valence-electron chi connectivity index (χ4n) is 1.43. The van der Waals surface area contributed by atoms with E-state index in [4.69, 9.17) is 4.74 Å². The van der Waals surface area contributed by atoms with Gasteiger partial charge in [-0.1, -0.05) is 5.21 Å². The molecular formula is C10H17N5O2. The highest BCUT2D eigenvalue weighted by Crippen LogP contribution is 2.09. The zero-order chi connectivity index (χ0) is 12.3. The van der Waals surface area contributed by atoms with Crippen LogP contribution in [-0.4, -0.2) is 53.7 Å². The molecule has 0 radical (unpaired) electrons. The Morgan fingerprint density at radius 1 is 1.76 bits per heavy atom. The molecule has 1 fully saturated rings. The quantitative estimate of drug-likeness (QED) is 0.702. The first-order valence-corrected chi connectivity index (χ1v) is 5.64. The third kappa shape index (κ3) is 2.80. The summed E-state index contributed by atoms with van der Waals surface area (Å²) >= 11 is 0. The molecule has 0 saturated carbocycles. The first-order valence-electron chi connectivity index (χ1n) is 5.64. The van der Waals surface area contributed by atoms with Gasteiger partial charge in [0, 0.05) is 26.7 Å². The Hall–Kier alpha value is -1.47. The number of methoxy groups -OCH3 is 1. The molecule has 1 saturated heterocycles. The average Bonchev–Trinajstić information content (AvgIpc) is 2.72. The number of carbonyl (C=O) groups is 1. The van der Waals surface area contributed by atoms with Crippen molar-refractivity contribution in [1.82, 2.24) is 25.6 Å². The molecule has 1 aliphatic heterocycles. The van der Waals surface area contributed by atoms with Gasteiger partial charge < -0.3 is 15.4 Å². The van der Waals surface area contributed by atoms with E-state index in [1.165, 1.54) is 0 Å². The van der Waals surface area contributed by atoms with Crippen LogP contribution in [0.3, 0.4) is 0 Å². The van der Waals surface area contributed by atoms with E-state index >= 15 is 0 Å². The van der Waals surface area contributed by atoms with Crippen LogP contribution >= 0.6 is 0 Å². The van der Waals surface area contributed by atoms with E-state index in [1.54, 1.807) is 18.0 Å². The van der Waals surface area contributed by atoms with Gasteiger partial charge in [-0.15, -0.1) is 5.10 Å². The van der Waals surface area contributed by atoms with Crippen LogP contribution < -0.4 is 10.6 Å². The summed E-state index contributed by atoms with van der Waals surface area (Å²) in [7, 11) is 1.61. The van der Waals surface area contributed by atoms with Gasteiger partial charge in [0.2, 0.25) is 0 Å². The number of ether oxygens (including phenoxy) is 1. The van der Waals surface area contributed by atoms with E-state index in [1.807, 2.05) is 6.92 Å². The van der Waals surface area contributed by atoms with Crippen LogP contribution in [0.25, 0.3) is 0 Å². The minimum atomic E-state index is -0.215. The molecule has 1 atom stereocenters. The minimum Gasteiger partial charge on any atom is -0.380 e. The standard InChI is InChI=1S/C10H17N5O2/c1-7(17-2)3-12-10(16)9-6-15(14-13-9)8-4-11-5-8/h6-8,11H,3-5H2,1-2H3,(H,12,16). The van der Waals surface area contributed by atoms with Crippen molar-refractivity contribution in [2.45, 2.75) is 19.1 Å². The maximum atomic E-state index is 11.7. The van der Waals surface area contributed by atoms with E-state index < -0.39 is 0 Å². The normalized spacial score (nSPS) is 17.5. The molecule has 1 aliphatic rings. The molecule has 1 aromatic heterocycles. The van der Waals surface area contributed by atoms with Gasteiger partial charge in [0.1, 0.15) is 0 Å². The molecule has 0 bridgehead atoms. The molecule has 1 amide bonds. The van der Waals surface area contributed by atoms with Gasteiger partial charge in [0.25, 0.3) is 5.91 Å². The first-order chi connectivity index (χ1) is 8.20. The minimum absolute atomic E-state index is 0.00942. The summed E-state index contributed by atoms with van der Waals surface area (Å²) in [6.07, 6.45) is 1.67. The highest BCUT2D eigenvalue weighted by Gasteiger charge is 2.21. The second-order valence-electron chi connectivity index (χ2n) is 4.15. The van der Waals surface area contributed by atoms with Crippen LogP contribution in [0.4, 0.5) is 0 Å². The molecule has 2 rings (SSSR count). The van der Waals surface area contributed by atoms with Gasteiger partial charge in [0.15, 0.2) is 5.69 Å². The molecule has 7 nitrogen and oxygen atoms in total. The number of nitrogens with one attached hydrogen (secondary N) is 2. The molecule has 1 unspecified atom stereocenters. The fourth-order valence-corrected chi connectivity index (χ4v) is 1.43. The smallest absolute Gasteiger partial charge is 0.273 e. The maximum absolute atomic E-state index is 11.7. The van der Waals surface area contributed by atoms with Gasteiger partial charge in [-0.05, 0) is 6.92 Å². The number of rotatable bonds is 5. The van der Waals surface area contributed by atoms with Crippen molar-refractivity contribution >= 4 is 5.91 Å². The molecule has 0 aromatic carbocycles. The summed E-state index contributed by atoms with van der Waals surface area (Å²) in [6.45, 7) is 4.11. The van der Waals surface area contributed by atoms with Gasteiger partial charge in [-0.25, -0.2) is 4.68 Å². The number of aromatic nitrogens is 3. The number of nitrogens with zero attached hydrogens (tertiary/aromatic N) is 3. The largest absolute Gasteiger partial charge is 0.380 e. The molecule has 2 heterocycles. The lowest BCUT2D eigenvalue weighted by atomic mass is 10.2. The van der Waals surface area contributed by atoms with Crippen molar-refractivity contribution in [3.05, 3.63) is 11.9 Å². The Balaban J connectivity index is 1.88. The molecule has 17 heavy (non-hydrogen) atoms. The van der Waals surface area contributed by atoms with Crippen LogP contribution in [0.2, 0.25) is 0 Å². The van der Waals surface area contributed by atoms with E-state index in [9.17, 15) is 4.79 Å². The summed E-state index contributed by atoms with van der Waals surface area (Å²) < 4.78 is 6.77. The van der Waals surface area contributed by atoms with Crippen LogP contribution in [0, 0.1) is 0 Å². The van der Waals surface area contributed by atoms with E-state index in [-0.39, 0.29) is 12.0 Å². The fraction of sp³-hybridized carbons (Fsp3) is 0.700. The topological polar surface area (TPSA) is 81.1 Å². The van der Waals surface area contributed by atoms with Crippen molar-refractivity contribution < 1.29 is 9.53 Å². The molecular weight excluding hydrogens is 222 g/mol. The predicted molar refractivity (Wildman–Crippen MR) is 60.7 cm³/mol. The van der Waals surface area contributed by atoms with Crippen molar-refractivity contribution in [3.63, 3.8) is 0 Å². The highest BCUT2D eigenvalue weighted by atomic mass is 16.5. The second-order valence-corrected chi connectivity index (χ2v) is 4.15. The number of hydrogen-bond acceptors (Lipinski definition) is 5. The Bertz CT molecular complexity index is 388. The number of carbonyl (C=O) groups excluding carboxylic acids is 1. The lowest BCUT2D eigenvalue weighted by Gasteiger charge is -2.26. The summed E-state index contributed by atoms with van der Waals surface area (Å²) in [4.78, 5) is 11.7. The van der Waals surface area contributed by atoms with Gasteiger partial charge in [-0.2, -0.15) is 0 Å². The molecule has 94 valence electrons. The van der Waals surface area contributed by atoms with Crippen molar-refractivity contribution in [3.8, 4) is 0 Å². The lowest BCUT2D eigenvalue weighted by molar-refractivity contribution is 0.0866. The third-order valence-corrected chi connectivity index (χ3v) is 2.83. The Kier molecular flexibility index (Phi) is 3.70. The summed E-state index contributed by atoms with van der Waals surface area (Å²) in [6, 6.07) is 0.321. The SMILES string of the molecule is COC(C)CNC(=O)c1cn(C2CNC2)nn1. The predicted octanol–water partition coefficient (Wildman–Crippen LogP) is -0.813. The van der Waals surface area contributed by atoms with Crippen LogP contribution in [0.1, 0.15) is 23.5 Å². The van der Waals surface area contributed by atoms with Crippen molar-refractivity contribution in [1.29, 1.82) is 0 Å². The molecule has 0 aliphatic carbocycles. The zero-order valence-corrected chi connectivity index (χ0v) is 10.0. The Morgan fingerprint density at radius 3 is 3.12 bits per heavy atom. The average molecular weight is 239 g/mol. The lowest BCUT2D eigenvalue weighted by Crippen LogP contribution is -2.43.